The highest BCUT2D eigenvalue weighted by molar-refractivity contribution is 7.98. The van der Waals surface area contributed by atoms with Gasteiger partial charge in [-0.3, -0.25) is 14.5 Å². The Labute approximate surface area is 183 Å². The number of anilines is 1. The van der Waals surface area contributed by atoms with Crippen LogP contribution in [0.15, 0.2) is 29.2 Å². The van der Waals surface area contributed by atoms with E-state index in [-0.39, 0.29) is 17.2 Å². The predicted octanol–water partition coefficient (Wildman–Crippen LogP) is 3.85. The molecule has 1 aromatic carbocycles. The summed E-state index contributed by atoms with van der Waals surface area (Å²) in [7, 11) is 0. The number of thioether (sulfide) groups is 1. The molecule has 2 saturated heterocycles. The van der Waals surface area contributed by atoms with E-state index in [4.69, 9.17) is 0 Å². The van der Waals surface area contributed by atoms with E-state index in [2.05, 4.69) is 16.5 Å². The molecule has 2 aliphatic carbocycles. The van der Waals surface area contributed by atoms with E-state index in [0.29, 0.717) is 12.3 Å². The highest BCUT2D eigenvalue weighted by Gasteiger charge is 2.58. The topological polar surface area (TPSA) is 52.7 Å². The van der Waals surface area contributed by atoms with Gasteiger partial charge in [-0.2, -0.15) is 0 Å². The number of benzene rings is 1. The average molecular weight is 428 g/mol. The minimum atomic E-state index is 0.107. The molecule has 30 heavy (non-hydrogen) atoms. The summed E-state index contributed by atoms with van der Waals surface area (Å²) in [5.74, 6) is 1.45. The Balaban J connectivity index is 1.06. The molecule has 4 fully saturated rings. The van der Waals surface area contributed by atoms with Crippen molar-refractivity contribution in [3.05, 3.63) is 24.3 Å². The molecule has 0 aromatic heterocycles. The van der Waals surface area contributed by atoms with Crippen molar-refractivity contribution in [1.82, 2.24) is 9.80 Å². The first-order chi connectivity index (χ1) is 14.6. The van der Waals surface area contributed by atoms with Crippen molar-refractivity contribution in [2.45, 2.75) is 55.9 Å². The van der Waals surface area contributed by atoms with Crippen molar-refractivity contribution < 1.29 is 9.59 Å². The number of nitrogens with zero attached hydrogens (tertiary/aromatic N) is 2. The number of likely N-dealkylation sites (tertiary alicyclic amines) is 2. The molecular formula is C24H33N3O2S. The molecule has 1 aromatic rings. The number of hydrogen-bond acceptors (Lipinski definition) is 4. The molecule has 2 heterocycles. The minimum absolute atomic E-state index is 0.107. The molecule has 2 saturated carbocycles. The van der Waals surface area contributed by atoms with Crippen molar-refractivity contribution in [2.24, 2.45) is 17.3 Å². The molecule has 2 amide bonds. The Morgan fingerprint density at radius 1 is 1.17 bits per heavy atom. The number of rotatable bonds is 6. The van der Waals surface area contributed by atoms with E-state index in [1.54, 1.807) is 11.8 Å². The van der Waals surface area contributed by atoms with Gasteiger partial charge in [0.2, 0.25) is 11.8 Å². The lowest BCUT2D eigenvalue weighted by molar-refractivity contribution is -0.133. The predicted molar refractivity (Wildman–Crippen MR) is 121 cm³/mol. The summed E-state index contributed by atoms with van der Waals surface area (Å²) in [4.78, 5) is 31.2. The van der Waals surface area contributed by atoms with Gasteiger partial charge in [-0.25, -0.2) is 0 Å². The molecule has 0 radical (unpaired) electrons. The van der Waals surface area contributed by atoms with Crippen molar-refractivity contribution in [1.29, 1.82) is 0 Å². The fraction of sp³-hybridized carbons (Fsp3) is 0.667. The van der Waals surface area contributed by atoms with Crippen molar-refractivity contribution >= 4 is 29.3 Å². The second-order valence-electron chi connectivity index (χ2n) is 9.80. The Bertz CT molecular complexity index is 803. The first kappa shape index (κ1) is 20.4. The van der Waals surface area contributed by atoms with E-state index in [0.717, 1.165) is 56.5 Å². The largest absolute Gasteiger partial charge is 0.343 e. The highest BCUT2D eigenvalue weighted by atomic mass is 32.2. The molecule has 4 aliphatic rings. The first-order valence-electron chi connectivity index (χ1n) is 11.5. The van der Waals surface area contributed by atoms with E-state index in [1.165, 1.54) is 30.7 Å². The molecule has 1 N–H and O–H groups in total. The van der Waals surface area contributed by atoms with Crippen molar-refractivity contribution in [3.63, 3.8) is 0 Å². The second kappa shape index (κ2) is 8.19. The van der Waals surface area contributed by atoms with E-state index in [9.17, 15) is 9.59 Å². The lowest BCUT2D eigenvalue weighted by Crippen LogP contribution is -2.42. The summed E-state index contributed by atoms with van der Waals surface area (Å²) in [6.45, 7) is 3.77. The van der Waals surface area contributed by atoms with Crippen LogP contribution in [0.1, 0.15) is 44.9 Å². The molecule has 5 rings (SSSR count). The van der Waals surface area contributed by atoms with Gasteiger partial charge in [0.15, 0.2) is 0 Å². The third-order valence-corrected chi connectivity index (χ3v) is 8.85. The second-order valence-corrected chi connectivity index (χ2v) is 10.7. The van der Waals surface area contributed by atoms with Gasteiger partial charge >= 0.3 is 0 Å². The zero-order valence-corrected chi connectivity index (χ0v) is 18.8. The molecule has 3 atom stereocenters. The fourth-order valence-electron chi connectivity index (χ4n) is 6.07. The number of amides is 2. The van der Waals surface area contributed by atoms with Crippen LogP contribution in [0.4, 0.5) is 5.69 Å². The maximum atomic E-state index is 12.7. The zero-order valence-electron chi connectivity index (χ0n) is 17.9. The summed E-state index contributed by atoms with van der Waals surface area (Å²) in [5.41, 5.74) is 1.01. The van der Waals surface area contributed by atoms with Crippen LogP contribution in [-0.4, -0.2) is 60.1 Å². The third kappa shape index (κ3) is 4.01. The lowest BCUT2D eigenvalue weighted by atomic mass is 9.90. The van der Waals surface area contributed by atoms with E-state index >= 15 is 0 Å². The number of piperidine rings is 2. The average Bonchev–Trinajstić information content (AvgIpc) is 3.10. The Morgan fingerprint density at radius 2 is 1.93 bits per heavy atom. The van der Waals surface area contributed by atoms with Gasteiger partial charge in [0.25, 0.3) is 0 Å². The van der Waals surface area contributed by atoms with Gasteiger partial charge < -0.3 is 10.2 Å². The molecule has 6 heteroatoms. The van der Waals surface area contributed by atoms with Crippen LogP contribution in [0.2, 0.25) is 0 Å². The van der Waals surface area contributed by atoms with Crippen molar-refractivity contribution in [3.8, 4) is 0 Å². The Hall–Kier alpha value is -1.53. The third-order valence-electron chi connectivity index (χ3n) is 8.11. The van der Waals surface area contributed by atoms with Gasteiger partial charge in [0.1, 0.15) is 0 Å². The standard InChI is InChI=1S/C24H33N3O2S/c1-30-20-6-3-18(4-7-20)25-23(29)21-15-24(21)9-12-26(13-10-24)22(28)8-11-27-16-17-2-5-19(27)14-17/h3-4,6-7,17,19,21H,2,5,8-16H2,1H3,(H,25,29)/t17-,19-,21+/m0/s1. The minimum Gasteiger partial charge on any atom is -0.343 e. The van der Waals surface area contributed by atoms with Crippen LogP contribution in [0, 0.1) is 17.3 Å². The van der Waals surface area contributed by atoms with Crippen LogP contribution < -0.4 is 5.32 Å². The zero-order chi connectivity index (χ0) is 20.7. The van der Waals surface area contributed by atoms with E-state index < -0.39 is 0 Å². The van der Waals surface area contributed by atoms with Crippen LogP contribution in [0.3, 0.4) is 0 Å². The summed E-state index contributed by atoms with van der Waals surface area (Å²) in [5, 5.41) is 3.09. The van der Waals surface area contributed by atoms with Gasteiger partial charge in [-0.1, -0.05) is 0 Å². The number of carbonyl (C=O) groups excluding carboxylic acids is 2. The molecule has 2 aliphatic heterocycles. The Morgan fingerprint density at radius 3 is 2.57 bits per heavy atom. The van der Waals surface area contributed by atoms with Gasteiger partial charge in [-0.15, -0.1) is 11.8 Å². The molecule has 0 unspecified atom stereocenters. The Kier molecular flexibility index (Phi) is 5.56. The molecule has 1 spiro atoms. The van der Waals surface area contributed by atoms with Crippen LogP contribution >= 0.6 is 11.8 Å². The number of hydrogen-bond donors (Lipinski definition) is 1. The van der Waals surface area contributed by atoms with Crippen LogP contribution in [-0.2, 0) is 9.59 Å². The summed E-state index contributed by atoms with van der Waals surface area (Å²) >= 11 is 1.70. The molecule has 5 nitrogen and oxygen atoms in total. The number of nitrogens with one attached hydrogen (secondary N) is 1. The van der Waals surface area contributed by atoms with Gasteiger partial charge in [0, 0.05) is 55.1 Å². The van der Waals surface area contributed by atoms with Gasteiger partial charge in [0.05, 0.1) is 0 Å². The monoisotopic (exact) mass is 427 g/mol. The summed E-state index contributed by atoms with van der Waals surface area (Å²) < 4.78 is 0. The van der Waals surface area contributed by atoms with Gasteiger partial charge in [-0.05, 0) is 80.4 Å². The summed E-state index contributed by atoms with van der Waals surface area (Å²) in [6.07, 6.45) is 9.69. The van der Waals surface area contributed by atoms with Crippen molar-refractivity contribution in [2.75, 3.05) is 37.8 Å². The van der Waals surface area contributed by atoms with E-state index in [1.807, 2.05) is 29.2 Å². The fourth-order valence-corrected chi connectivity index (χ4v) is 6.48. The molecule has 162 valence electrons. The molecule has 2 bridgehead atoms. The summed E-state index contributed by atoms with van der Waals surface area (Å²) in [6, 6.07) is 8.79. The number of carbonyl (C=O) groups is 2. The highest BCUT2D eigenvalue weighted by Crippen LogP contribution is 2.59. The molecular weight excluding hydrogens is 394 g/mol. The number of fused-ring (bicyclic) bond motifs is 2. The maximum Gasteiger partial charge on any atom is 0.228 e. The first-order valence-corrected chi connectivity index (χ1v) is 12.8. The quantitative estimate of drug-likeness (QED) is 0.701. The maximum absolute atomic E-state index is 12.7. The SMILES string of the molecule is CSc1ccc(NC(=O)[C@H]2CC23CCN(C(=O)CCN2C[C@H]4CC[C@H]2C4)CC3)cc1. The van der Waals surface area contributed by atoms with Crippen LogP contribution in [0.5, 0.6) is 0 Å². The van der Waals surface area contributed by atoms with Crippen LogP contribution in [0.25, 0.3) is 0 Å². The normalized spacial score (nSPS) is 29.4. The smallest absolute Gasteiger partial charge is 0.228 e. The lowest BCUT2D eigenvalue weighted by Gasteiger charge is -2.34.